The first-order valence-electron chi connectivity index (χ1n) is 11.1. The van der Waals surface area contributed by atoms with Crippen LogP contribution in [0.3, 0.4) is 0 Å². The number of hydrogen-bond donors (Lipinski definition) is 1. The van der Waals surface area contributed by atoms with Gasteiger partial charge in [0.25, 0.3) is 0 Å². The molecule has 0 unspecified atom stereocenters. The highest BCUT2D eigenvalue weighted by molar-refractivity contribution is 7.99. The molecule has 3 rings (SSSR count). The number of rotatable bonds is 10. The van der Waals surface area contributed by atoms with Crippen LogP contribution in [0.4, 0.5) is 14.5 Å². The number of thioether (sulfide) groups is 1. The van der Waals surface area contributed by atoms with Gasteiger partial charge in [-0.05, 0) is 72.7 Å². The fourth-order valence-electron chi connectivity index (χ4n) is 3.78. The quantitative estimate of drug-likeness (QED) is 0.315. The van der Waals surface area contributed by atoms with E-state index in [1.807, 2.05) is 38.1 Å². The fraction of sp³-hybridized carbons (Fsp3) is 0.296. The number of nitrogens with one attached hydrogen (secondary N) is 1. The summed E-state index contributed by atoms with van der Waals surface area (Å²) in [5.41, 5.74) is 1.02. The van der Waals surface area contributed by atoms with Crippen molar-refractivity contribution in [3.63, 3.8) is 0 Å². The van der Waals surface area contributed by atoms with Gasteiger partial charge in [0.2, 0.25) is 5.91 Å². The van der Waals surface area contributed by atoms with E-state index in [1.165, 1.54) is 17.0 Å². The Morgan fingerprint density at radius 3 is 2.18 bits per heavy atom. The van der Waals surface area contributed by atoms with Gasteiger partial charge in [0.1, 0.15) is 23.0 Å². The summed E-state index contributed by atoms with van der Waals surface area (Å²) in [4.78, 5) is 13.6. The van der Waals surface area contributed by atoms with Crippen molar-refractivity contribution in [3.8, 4) is 5.75 Å². The van der Waals surface area contributed by atoms with Gasteiger partial charge in [0.05, 0.1) is 6.42 Å². The summed E-state index contributed by atoms with van der Waals surface area (Å²) in [7, 11) is 0. The van der Waals surface area contributed by atoms with Gasteiger partial charge in [-0.15, -0.1) is 11.8 Å². The molecule has 1 amide bonds. The zero-order chi connectivity index (χ0) is 23.8. The molecule has 0 saturated heterocycles. The molecule has 0 atom stereocenters. The number of carbonyl (C=O) groups excluding carboxylic acids is 1. The van der Waals surface area contributed by atoms with Crippen LogP contribution >= 0.6 is 11.8 Å². The van der Waals surface area contributed by atoms with Crippen LogP contribution in [0, 0.1) is 11.6 Å². The molecule has 174 valence electrons. The van der Waals surface area contributed by atoms with Crippen molar-refractivity contribution in [2.45, 2.75) is 50.5 Å². The SMILES string of the molecule is CCSc1ccc(CC(=O)Nc2ccc(OC(CC)(CC)c3ccc(F)cc3F)cc2)cc1. The third kappa shape index (κ3) is 6.35. The summed E-state index contributed by atoms with van der Waals surface area (Å²) in [5.74, 6) is 0.210. The molecule has 3 aromatic carbocycles. The molecule has 0 heterocycles. The maximum Gasteiger partial charge on any atom is 0.228 e. The molecule has 0 spiro atoms. The van der Waals surface area contributed by atoms with E-state index in [9.17, 15) is 13.6 Å². The smallest absolute Gasteiger partial charge is 0.228 e. The van der Waals surface area contributed by atoms with Gasteiger partial charge in [-0.25, -0.2) is 8.78 Å². The molecule has 1 N–H and O–H groups in total. The average molecular weight is 470 g/mol. The summed E-state index contributed by atoms with van der Waals surface area (Å²) in [6, 6.07) is 18.6. The summed E-state index contributed by atoms with van der Waals surface area (Å²) >= 11 is 1.76. The van der Waals surface area contributed by atoms with E-state index in [4.69, 9.17) is 4.74 Å². The monoisotopic (exact) mass is 469 g/mol. The van der Waals surface area contributed by atoms with Gasteiger partial charge in [-0.1, -0.05) is 32.9 Å². The second-order valence-electron chi connectivity index (χ2n) is 7.75. The van der Waals surface area contributed by atoms with E-state index in [0.717, 1.165) is 17.4 Å². The van der Waals surface area contributed by atoms with Crippen molar-refractivity contribution in [2.75, 3.05) is 11.1 Å². The third-order valence-corrected chi connectivity index (χ3v) is 6.51. The Kier molecular flexibility index (Phi) is 8.50. The minimum Gasteiger partial charge on any atom is -0.482 e. The fourth-order valence-corrected chi connectivity index (χ4v) is 4.44. The molecule has 0 fully saturated rings. The molecular formula is C27H29F2NO2S. The Hall–Kier alpha value is -2.86. The van der Waals surface area contributed by atoms with E-state index in [0.29, 0.717) is 29.8 Å². The van der Waals surface area contributed by atoms with Crippen LogP contribution in [-0.4, -0.2) is 11.7 Å². The zero-order valence-corrected chi connectivity index (χ0v) is 20.0. The molecule has 0 saturated carbocycles. The van der Waals surface area contributed by atoms with Crippen LogP contribution in [0.15, 0.2) is 71.6 Å². The summed E-state index contributed by atoms with van der Waals surface area (Å²) in [6.45, 7) is 5.93. The first-order valence-corrected chi connectivity index (χ1v) is 12.1. The van der Waals surface area contributed by atoms with Crippen LogP contribution in [0.2, 0.25) is 0 Å². The van der Waals surface area contributed by atoms with E-state index in [2.05, 4.69) is 12.2 Å². The second kappa shape index (κ2) is 11.3. The molecule has 0 aliphatic rings. The zero-order valence-electron chi connectivity index (χ0n) is 19.2. The highest BCUT2D eigenvalue weighted by atomic mass is 32.2. The standard InChI is InChI=1S/C27H29F2NO2S/c1-4-27(5-2,24-16-9-20(28)18-25(24)29)32-22-12-10-21(11-13-22)30-26(31)17-19-7-14-23(15-8-19)33-6-3/h7-16,18H,4-6,17H2,1-3H3,(H,30,31). The maximum atomic E-state index is 14.5. The van der Waals surface area contributed by atoms with Gasteiger partial charge in [0, 0.05) is 22.2 Å². The van der Waals surface area contributed by atoms with Gasteiger partial charge in [0.15, 0.2) is 0 Å². The van der Waals surface area contributed by atoms with Crippen molar-refractivity contribution in [2.24, 2.45) is 0 Å². The summed E-state index contributed by atoms with van der Waals surface area (Å²) in [5, 5.41) is 2.89. The minimum atomic E-state index is -0.912. The number of ether oxygens (including phenoxy) is 1. The molecule has 0 radical (unpaired) electrons. The number of amides is 1. The highest BCUT2D eigenvalue weighted by Crippen LogP contribution is 2.36. The lowest BCUT2D eigenvalue weighted by Gasteiger charge is -2.33. The first-order chi connectivity index (χ1) is 15.9. The van der Waals surface area contributed by atoms with Crippen molar-refractivity contribution < 1.29 is 18.3 Å². The number of benzene rings is 3. The average Bonchev–Trinajstić information content (AvgIpc) is 2.80. The van der Waals surface area contributed by atoms with Crippen molar-refractivity contribution in [3.05, 3.63) is 89.5 Å². The molecule has 0 aliphatic heterocycles. The Labute approximate surface area is 198 Å². The number of hydrogen-bond acceptors (Lipinski definition) is 3. The van der Waals surface area contributed by atoms with Crippen LogP contribution in [-0.2, 0) is 16.8 Å². The molecule has 3 nitrogen and oxygen atoms in total. The Morgan fingerprint density at radius 1 is 0.939 bits per heavy atom. The molecule has 0 aromatic heterocycles. The molecule has 33 heavy (non-hydrogen) atoms. The largest absolute Gasteiger partial charge is 0.482 e. The van der Waals surface area contributed by atoms with Crippen LogP contribution in [0.5, 0.6) is 5.75 Å². The maximum absolute atomic E-state index is 14.5. The predicted molar refractivity (Wildman–Crippen MR) is 131 cm³/mol. The predicted octanol–water partition coefficient (Wildman–Crippen LogP) is 7.35. The van der Waals surface area contributed by atoms with Gasteiger partial charge in [-0.3, -0.25) is 4.79 Å². The van der Waals surface area contributed by atoms with Gasteiger partial charge >= 0.3 is 0 Å². The van der Waals surface area contributed by atoms with Crippen molar-refractivity contribution in [1.82, 2.24) is 0 Å². The molecule has 0 aliphatic carbocycles. The third-order valence-electron chi connectivity index (χ3n) is 5.61. The Balaban J connectivity index is 1.66. The first kappa shape index (κ1) is 24.8. The molecular weight excluding hydrogens is 440 g/mol. The Morgan fingerprint density at radius 2 is 1.61 bits per heavy atom. The van der Waals surface area contributed by atoms with Gasteiger partial charge in [-0.2, -0.15) is 0 Å². The summed E-state index contributed by atoms with van der Waals surface area (Å²) < 4.78 is 34.1. The normalized spacial score (nSPS) is 11.3. The number of carbonyl (C=O) groups is 1. The lowest BCUT2D eigenvalue weighted by atomic mass is 9.87. The van der Waals surface area contributed by atoms with E-state index in [1.54, 1.807) is 36.0 Å². The number of anilines is 1. The second-order valence-corrected chi connectivity index (χ2v) is 9.09. The highest BCUT2D eigenvalue weighted by Gasteiger charge is 2.33. The molecule has 6 heteroatoms. The van der Waals surface area contributed by atoms with Crippen molar-refractivity contribution >= 4 is 23.4 Å². The van der Waals surface area contributed by atoms with Crippen LogP contribution in [0.25, 0.3) is 0 Å². The molecule has 3 aromatic rings. The minimum absolute atomic E-state index is 0.107. The lowest BCUT2D eigenvalue weighted by molar-refractivity contribution is -0.115. The molecule has 0 bridgehead atoms. The van der Waals surface area contributed by atoms with Crippen LogP contribution in [0.1, 0.15) is 44.7 Å². The summed E-state index contributed by atoms with van der Waals surface area (Å²) in [6.07, 6.45) is 1.31. The van der Waals surface area contributed by atoms with E-state index < -0.39 is 17.2 Å². The lowest BCUT2D eigenvalue weighted by Crippen LogP contribution is -2.33. The van der Waals surface area contributed by atoms with E-state index >= 15 is 0 Å². The topological polar surface area (TPSA) is 38.3 Å². The number of halogens is 2. The van der Waals surface area contributed by atoms with Gasteiger partial charge < -0.3 is 10.1 Å². The van der Waals surface area contributed by atoms with Crippen molar-refractivity contribution in [1.29, 1.82) is 0 Å². The van der Waals surface area contributed by atoms with Crippen LogP contribution < -0.4 is 10.1 Å². The van der Waals surface area contributed by atoms with E-state index in [-0.39, 0.29) is 12.3 Å². The Bertz CT molecular complexity index is 1060.